The fraction of sp³-hybridized carbons (Fsp3) is 0.308. The minimum atomic E-state index is -0.850. The van der Waals surface area contributed by atoms with Gasteiger partial charge in [0, 0.05) is 6.92 Å². The van der Waals surface area contributed by atoms with Gasteiger partial charge in [-0.25, -0.2) is 4.79 Å². The summed E-state index contributed by atoms with van der Waals surface area (Å²) in [5.41, 5.74) is 0.409. The van der Waals surface area contributed by atoms with E-state index < -0.39 is 24.3 Å². The monoisotopic (exact) mass is 265 g/mol. The fourth-order valence-corrected chi connectivity index (χ4v) is 1.33. The van der Waals surface area contributed by atoms with Crippen LogP contribution in [0.15, 0.2) is 30.3 Å². The van der Waals surface area contributed by atoms with Crippen LogP contribution in [0.3, 0.4) is 0 Å². The van der Waals surface area contributed by atoms with Crippen molar-refractivity contribution in [2.75, 3.05) is 11.7 Å². The number of carbonyl (C=O) groups is 3. The van der Waals surface area contributed by atoms with E-state index in [9.17, 15) is 14.4 Å². The van der Waals surface area contributed by atoms with Crippen LogP contribution >= 0.6 is 0 Å². The maximum atomic E-state index is 11.5. The first-order chi connectivity index (χ1) is 9.04. The standard InChI is InChI=1S/C13H15NO5/c1-3-18-12(16)9-13(17)19-14(10(2)15)11-7-5-4-6-8-11/h4-8H,3,9H2,1-2H3. The summed E-state index contributed by atoms with van der Waals surface area (Å²) in [6, 6.07) is 8.38. The second-order valence-electron chi connectivity index (χ2n) is 3.59. The average molecular weight is 265 g/mol. The Kier molecular flexibility index (Phi) is 5.53. The van der Waals surface area contributed by atoms with Gasteiger partial charge >= 0.3 is 11.9 Å². The van der Waals surface area contributed by atoms with Gasteiger partial charge in [0.25, 0.3) is 5.91 Å². The Morgan fingerprint density at radius 2 is 1.74 bits per heavy atom. The first-order valence-electron chi connectivity index (χ1n) is 5.76. The molecule has 1 aromatic carbocycles. The lowest BCUT2D eigenvalue weighted by molar-refractivity contribution is -0.157. The minimum Gasteiger partial charge on any atom is -0.466 e. The summed E-state index contributed by atoms with van der Waals surface area (Å²) in [4.78, 5) is 38.9. The molecule has 0 fully saturated rings. The van der Waals surface area contributed by atoms with Crippen molar-refractivity contribution in [3.8, 4) is 0 Å². The molecular weight excluding hydrogens is 250 g/mol. The lowest BCUT2D eigenvalue weighted by Crippen LogP contribution is -2.32. The third-order valence-corrected chi connectivity index (χ3v) is 2.06. The van der Waals surface area contributed by atoms with Crippen LogP contribution in [0.5, 0.6) is 0 Å². The van der Waals surface area contributed by atoms with E-state index in [0.717, 1.165) is 5.06 Å². The zero-order chi connectivity index (χ0) is 14.3. The molecule has 1 aromatic rings. The highest BCUT2D eigenvalue weighted by Crippen LogP contribution is 2.14. The third-order valence-electron chi connectivity index (χ3n) is 2.06. The summed E-state index contributed by atoms with van der Waals surface area (Å²) in [6.45, 7) is 3.07. The highest BCUT2D eigenvalue weighted by Gasteiger charge is 2.19. The number of hydroxylamine groups is 1. The van der Waals surface area contributed by atoms with Gasteiger partial charge in [-0.1, -0.05) is 18.2 Å². The molecule has 6 nitrogen and oxygen atoms in total. The number of hydrogen-bond donors (Lipinski definition) is 0. The molecule has 1 rings (SSSR count). The largest absolute Gasteiger partial charge is 0.466 e. The molecule has 0 spiro atoms. The van der Waals surface area contributed by atoms with Crippen molar-refractivity contribution in [3.05, 3.63) is 30.3 Å². The molecule has 0 unspecified atom stereocenters. The van der Waals surface area contributed by atoms with Gasteiger partial charge < -0.3 is 9.57 Å². The highest BCUT2D eigenvalue weighted by atomic mass is 16.7. The molecule has 0 saturated heterocycles. The van der Waals surface area contributed by atoms with Crippen molar-refractivity contribution in [2.24, 2.45) is 0 Å². The zero-order valence-corrected chi connectivity index (χ0v) is 10.8. The van der Waals surface area contributed by atoms with Gasteiger partial charge in [0.05, 0.1) is 12.3 Å². The molecule has 6 heteroatoms. The Bertz CT molecular complexity index is 457. The summed E-state index contributed by atoms with van der Waals surface area (Å²) >= 11 is 0. The molecule has 19 heavy (non-hydrogen) atoms. The molecule has 0 bridgehead atoms. The Morgan fingerprint density at radius 1 is 1.11 bits per heavy atom. The van der Waals surface area contributed by atoms with Crippen molar-refractivity contribution in [1.82, 2.24) is 0 Å². The molecule has 0 heterocycles. The molecule has 0 atom stereocenters. The maximum absolute atomic E-state index is 11.5. The van der Waals surface area contributed by atoms with Crippen LogP contribution in [0.2, 0.25) is 0 Å². The minimum absolute atomic E-state index is 0.182. The van der Waals surface area contributed by atoms with E-state index >= 15 is 0 Å². The van der Waals surface area contributed by atoms with Gasteiger partial charge in [0.15, 0.2) is 0 Å². The fourth-order valence-electron chi connectivity index (χ4n) is 1.33. The molecule has 0 aromatic heterocycles. The molecule has 0 radical (unpaired) electrons. The van der Waals surface area contributed by atoms with Crippen LogP contribution in [0.4, 0.5) is 5.69 Å². The van der Waals surface area contributed by atoms with Crippen LogP contribution < -0.4 is 5.06 Å². The Labute approximate surface area is 110 Å². The summed E-state index contributed by atoms with van der Waals surface area (Å²) in [6.07, 6.45) is -0.537. The predicted molar refractivity (Wildman–Crippen MR) is 66.9 cm³/mol. The molecular formula is C13H15NO5. The van der Waals surface area contributed by atoms with Crippen molar-refractivity contribution in [3.63, 3.8) is 0 Å². The van der Waals surface area contributed by atoms with E-state index in [1.807, 2.05) is 0 Å². The number of amides is 1. The van der Waals surface area contributed by atoms with Gasteiger partial charge in [0.1, 0.15) is 6.42 Å². The number of benzene rings is 1. The van der Waals surface area contributed by atoms with Crippen LogP contribution in [0.1, 0.15) is 20.3 Å². The SMILES string of the molecule is CCOC(=O)CC(=O)ON(C(C)=O)c1ccccc1. The molecule has 102 valence electrons. The number of ether oxygens (including phenoxy) is 1. The predicted octanol–water partition coefficient (Wildman–Crippen LogP) is 1.45. The van der Waals surface area contributed by atoms with Crippen molar-refractivity contribution in [2.45, 2.75) is 20.3 Å². The van der Waals surface area contributed by atoms with Gasteiger partial charge in [-0.2, -0.15) is 0 Å². The number of rotatable bonds is 4. The quantitative estimate of drug-likeness (QED) is 0.468. The number of esters is 1. The second kappa shape index (κ2) is 7.15. The van der Waals surface area contributed by atoms with E-state index in [4.69, 9.17) is 4.84 Å². The zero-order valence-electron chi connectivity index (χ0n) is 10.8. The van der Waals surface area contributed by atoms with Crippen LogP contribution in [0.25, 0.3) is 0 Å². The van der Waals surface area contributed by atoms with Crippen LogP contribution in [0, 0.1) is 0 Å². The van der Waals surface area contributed by atoms with E-state index in [1.165, 1.54) is 6.92 Å². The normalized spacial score (nSPS) is 9.58. The molecule has 0 aliphatic rings. The Hall–Kier alpha value is -2.37. The summed E-state index contributed by atoms with van der Waals surface area (Å²) in [7, 11) is 0. The molecule has 0 aliphatic carbocycles. The number of nitrogens with zero attached hydrogens (tertiary/aromatic N) is 1. The van der Waals surface area contributed by atoms with Crippen molar-refractivity contribution >= 4 is 23.5 Å². The number of para-hydroxylation sites is 1. The highest BCUT2D eigenvalue weighted by molar-refractivity contribution is 5.95. The smallest absolute Gasteiger partial charge is 0.344 e. The number of hydrogen-bond acceptors (Lipinski definition) is 5. The van der Waals surface area contributed by atoms with Gasteiger partial charge in [-0.15, -0.1) is 5.06 Å². The summed E-state index contributed by atoms with van der Waals surface area (Å²) in [5, 5.41) is 0.835. The third kappa shape index (κ3) is 4.79. The topological polar surface area (TPSA) is 72.9 Å². The van der Waals surface area contributed by atoms with Crippen molar-refractivity contribution < 1.29 is 24.0 Å². The Morgan fingerprint density at radius 3 is 2.26 bits per heavy atom. The molecule has 0 saturated carbocycles. The number of anilines is 1. The van der Waals surface area contributed by atoms with Gasteiger partial charge in [-0.05, 0) is 19.1 Å². The van der Waals surface area contributed by atoms with Crippen LogP contribution in [-0.4, -0.2) is 24.5 Å². The van der Waals surface area contributed by atoms with Crippen LogP contribution in [-0.2, 0) is 24.0 Å². The first-order valence-corrected chi connectivity index (χ1v) is 5.76. The lowest BCUT2D eigenvalue weighted by atomic mass is 10.3. The average Bonchev–Trinajstić information content (AvgIpc) is 2.37. The van der Waals surface area contributed by atoms with Crippen molar-refractivity contribution in [1.29, 1.82) is 0 Å². The molecule has 0 aliphatic heterocycles. The molecule has 1 amide bonds. The summed E-state index contributed by atoms with van der Waals surface area (Å²) in [5.74, 6) is -2.01. The summed E-state index contributed by atoms with van der Waals surface area (Å²) < 4.78 is 4.62. The second-order valence-corrected chi connectivity index (χ2v) is 3.59. The van der Waals surface area contributed by atoms with E-state index in [0.29, 0.717) is 5.69 Å². The maximum Gasteiger partial charge on any atom is 0.344 e. The van der Waals surface area contributed by atoms with E-state index in [2.05, 4.69) is 4.74 Å². The molecule has 0 N–H and O–H groups in total. The lowest BCUT2D eigenvalue weighted by Gasteiger charge is -2.19. The van der Waals surface area contributed by atoms with Gasteiger partial charge in [-0.3, -0.25) is 9.59 Å². The van der Waals surface area contributed by atoms with Gasteiger partial charge in [0.2, 0.25) is 0 Å². The van der Waals surface area contributed by atoms with E-state index in [-0.39, 0.29) is 6.61 Å². The first kappa shape index (κ1) is 14.7. The Balaban J connectivity index is 2.68. The van der Waals surface area contributed by atoms with E-state index in [1.54, 1.807) is 37.3 Å². The number of carbonyl (C=O) groups excluding carboxylic acids is 3.